The number of amides is 1. The number of nitrogens with one attached hydrogen (secondary N) is 1. The highest BCUT2D eigenvalue weighted by Gasteiger charge is 2.36. The van der Waals surface area contributed by atoms with Gasteiger partial charge in [-0.25, -0.2) is 0 Å². The summed E-state index contributed by atoms with van der Waals surface area (Å²) in [6.07, 6.45) is 2.91. The summed E-state index contributed by atoms with van der Waals surface area (Å²) in [5, 5.41) is 14.3. The molecule has 5 heteroatoms. The second kappa shape index (κ2) is 7.66. The summed E-state index contributed by atoms with van der Waals surface area (Å²) in [7, 11) is 0. The molecular weight excluding hydrogens is 324 g/mol. The lowest BCUT2D eigenvalue weighted by atomic mass is 9.80. The molecule has 0 bridgehead atoms. The highest BCUT2D eigenvalue weighted by atomic mass is 79.9. The first-order valence-electron chi connectivity index (χ1n) is 6.51. The number of halogens is 1. The van der Waals surface area contributed by atoms with Crippen molar-refractivity contribution in [3.63, 3.8) is 0 Å². The smallest absolute Gasteiger partial charge is 0.240 e. The first-order valence-corrected chi connectivity index (χ1v) is 8.18. The van der Waals surface area contributed by atoms with Crippen molar-refractivity contribution in [1.29, 1.82) is 5.26 Å². The fraction of sp³-hybridized carbons (Fsp3) is 0.571. The van der Waals surface area contributed by atoms with Crippen LogP contribution in [-0.4, -0.2) is 5.91 Å². The number of nitrogens with zero attached hydrogens (tertiary/aromatic N) is 1. The van der Waals surface area contributed by atoms with Gasteiger partial charge in [-0.2, -0.15) is 5.26 Å². The van der Waals surface area contributed by atoms with Crippen LogP contribution in [0.1, 0.15) is 44.4 Å². The lowest BCUT2D eigenvalue weighted by Crippen LogP contribution is -2.39. The Kier molecular flexibility index (Phi) is 6.53. The van der Waals surface area contributed by atoms with Crippen LogP contribution < -0.4 is 5.32 Å². The minimum Gasteiger partial charge on any atom is -0.350 e. The number of thiophene rings is 1. The van der Waals surface area contributed by atoms with Gasteiger partial charge in [-0.05, 0) is 40.2 Å². The lowest BCUT2D eigenvalue weighted by molar-refractivity contribution is -0.129. The normalized spacial score (nSPS) is 11.1. The van der Waals surface area contributed by atoms with Crippen LogP contribution >= 0.6 is 27.3 Å². The zero-order valence-electron chi connectivity index (χ0n) is 11.3. The number of rotatable bonds is 7. The predicted molar refractivity (Wildman–Crippen MR) is 81.7 cm³/mol. The molecule has 104 valence electrons. The van der Waals surface area contributed by atoms with Crippen LogP contribution in [0.15, 0.2) is 15.9 Å². The van der Waals surface area contributed by atoms with Gasteiger partial charge in [0, 0.05) is 9.35 Å². The van der Waals surface area contributed by atoms with Crippen molar-refractivity contribution < 1.29 is 4.79 Å². The van der Waals surface area contributed by atoms with E-state index in [0.29, 0.717) is 19.4 Å². The summed E-state index contributed by atoms with van der Waals surface area (Å²) in [5.74, 6) is -0.140. The van der Waals surface area contributed by atoms with E-state index in [1.165, 1.54) is 0 Å². The topological polar surface area (TPSA) is 52.9 Å². The molecule has 0 saturated heterocycles. The summed E-state index contributed by atoms with van der Waals surface area (Å²) >= 11 is 5.03. The van der Waals surface area contributed by atoms with Gasteiger partial charge in [0.15, 0.2) is 0 Å². The zero-order valence-corrected chi connectivity index (χ0v) is 13.7. The van der Waals surface area contributed by atoms with Crippen LogP contribution in [0.4, 0.5) is 0 Å². The molecule has 1 amide bonds. The molecule has 0 aliphatic carbocycles. The molecule has 0 fully saturated rings. The molecule has 0 spiro atoms. The van der Waals surface area contributed by atoms with Crippen LogP contribution in [0.5, 0.6) is 0 Å². The second-order valence-electron chi connectivity index (χ2n) is 4.57. The molecule has 0 aromatic carbocycles. The molecule has 0 atom stereocenters. The minimum absolute atomic E-state index is 0.140. The third-order valence-electron chi connectivity index (χ3n) is 3.10. The molecule has 3 nitrogen and oxygen atoms in total. The molecule has 0 aliphatic heterocycles. The number of nitriles is 1. The zero-order chi connectivity index (χ0) is 14.3. The molecule has 19 heavy (non-hydrogen) atoms. The Bertz CT molecular complexity index is 458. The van der Waals surface area contributed by atoms with Crippen LogP contribution in [0.2, 0.25) is 0 Å². The maximum absolute atomic E-state index is 12.3. The average molecular weight is 343 g/mol. The first-order chi connectivity index (χ1) is 9.09. The van der Waals surface area contributed by atoms with Crippen LogP contribution in [0.3, 0.4) is 0 Å². The van der Waals surface area contributed by atoms with E-state index in [4.69, 9.17) is 0 Å². The molecule has 0 aliphatic rings. The van der Waals surface area contributed by atoms with Gasteiger partial charge in [0.05, 0.1) is 12.6 Å². The van der Waals surface area contributed by atoms with E-state index < -0.39 is 5.41 Å². The largest absolute Gasteiger partial charge is 0.350 e. The monoisotopic (exact) mass is 342 g/mol. The van der Waals surface area contributed by atoms with Gasteiger partial charge in [0.25, 0.3) is 0 Å². The summed E-state index contributed by atoms with van der Waals surface area (Å²) in [5.41, 5.74) is -0.868. The molecule has 1 N–H and O–H groups in total. The summed E-state index contributed by atoms with van der Waals surface area (Å²) < 4.78 is 1.01. The number of carbonyl (C=O) groups excluding carboxylic acids is 1. The highest BCUT2D eigenvalue weighted by Crippen LogP contribution is 2.30. The average Bonchev–Trinajstić information content (AvgIpc) is 2.81. The SMILES string of the molecule is CCCC(C#N)(CCC)C(=O)NCc1sccc1Br. The number of hydrogen-bond donors (Lipinski definition) is 1. The summed E-state index contributed by atoms with van der Waals surface area (Å²) in [6.45, 7) is 4.49. The maximum atomic E-state index is 12.3. The van der Waals surface area contributed by atoms with Crippen LogP contribution in [0.25, 0.3) is 0 Å². The van der Waals surface area contributed by atoms with Crippen molar-refractivity contribution in [2.45, 2.75) is 46.1 Å². The Morgan fingerprint density at radius 1 is 1.47 bits per heavy atom. The molecule has 1 aromatic rings. The van der Waals surface area contributed by atoms with Gasteiger partial charge in [0.2, 0.25) is 5.91 Å². The van der Waals surface area contributed by atoms with Gasteiger partial charge in [-0.1, -0.05) is 26.7 Å². The maximum Gasteiger partial charge on any atom is 0.240 e. The van der Waals surface area contributed by atoms with Crippen LogP contribution in [-0.2, 0) is 11.3 Å². The van der Waals surface area contributed by atoms with Crippen molar-refractivity contribution >= 4 is 33.2 Å². The molecule has 1 aromatic heterocycles. The number of carbonyl (C=O) groups is 1. The number of hydrogen-bond acceptors (Lipinski definition) is 3. The fourth-order valence-electron chi connectivity index (χ4n) is 2.15. The van der Waals surface area contributed by atoms with Crippen LogP contribution in [0, 0.1) is 16.7 Å². The molecule has 0 saturated carbocycles. The van der Waals surface area contributed by atoms with E-state index in [1.54, 1.807) is 11.3 Å². The molecular formula is C14H19BrN2OS. The minimum atomic E-state index is -0.868. The van der Waals surface area contributed by atoms with Crippen molar-refractivity contribution in [3.8, 4) is 6.07 Å². The highest BCUT2D eigenvalue weighted by molar-refractivity contribution is 9.10. The van der Waals surface area contributed by atoms with Gasteiger partial charge >= 0.3 is 0 Å². The Morgan fingerprint density at radius 3 is 2.53 bits per heavy atom. The van der Waals surface area contributed by atoms with Gasteiger partial charge < -0.3 is 5.32 Å². The van der Waals surface area contributed by atoms with Crippen molar-refractivity contribution in [3.05, 3.63) is 20.8 Å². The third kappa shape index (κ3) is 4.05. The summed E-state index contributed by atoms with van der Waals surface area (Å²) in [4.78, 5) is 13.4. The van der Waals surface area contributed by atoms with E-state index in [9.17, 15) is 10.1 Å². The van der Waals surface area contributed by atoms with E-state index in [2.05, 4.69) is 27.3 Å². The molecule has 0 unspecified atom stereocenters. The second-order valence-corrected chi connectivity index (χ2v) is 6.42. The quantitative estimate of drug-likeness (QED) is 0.805. The Morgan fingerprint density at radius 2 is 2.11 bits per heavy atom. The Hall–Kier alpha value is -0.860. The van der Waals surface area contributed by atoms with Gasteiger partial charge in [-0.3, -0.25) is 4.79 Å². The standard InChI is InChI=1S/C14H19BrN2OS/c1-3-6-14(10-16,7-4-2)13(18)17-9-12-11(15)5-8-19-12/h5,8H,3-4,6-7,9H2,1-2H3,(H,17,18). The molecule has 1 rings (SSSR count). The van der Waals surface area contributed by atoms with Gasteiger partial charge in [0.1, 0.15) is 5.41 Å². The van der Waals surface area contributed by atoms with Crippen molar-refractivity contribution in [1.82, 2.24) is 5.32 Å². The molecule has 1 heterocycles. The van der Waals surface area contributed by atoms with Crippen molar-refractivity contribution in [2.75, 3.05) is 0 Å². The van der Waals surface area contributed by atoms with E-state index in [1.807, 2.05) is 25.3 Å². The van der Waals surface area contributed by atoms with E-state index >= 15 is 0 Å². The third-order valence-corrected chi connectivity index (χ3v) is 5.03. The first kappa shape index (κ1) is 16.2. The van der Waals surface area contributed by atoms with E-state index in [-0.39, 0.29) is 5.91 Å². The molecule has 0 radical (unpaired) electrons. The fourth-order valence-corrected chi connectivity index (χ4v) is 3.58. The lowest BCUT2D eigenvalue weighted by Gasteiger charge is -2.24. The predicted octanol–water partition coefficient (Wildman–Crippen LogP) is 4.24. The van der Waals surface area contributed by atoms with Crippen molar-refractivity contribution in [2.24, 2.45) is 5.41 Å². The Balaban J connectivity index is 2.72. The Labute approximate surface area is 127 Å². The van der Waals surface area contributed by atoms with E-state index in [0.717, 1.165) is 22.2 Å². The van der Waals surface area contributed by atoms with Gasteiger partial charge in [-0.15, -0.1) is 11.3 Å². The summed E-state index contributed by atoms with van der Waals surface area (Å²) in [6, 6.07) is 4.20.